The largest absolute Gasteiger partial charge is 0.493 e. The molecule has 7 heteroatoms. The summed E-state index contributed by atoms with van der Waals surface area (Å²) < 4.78 is 11.7. The fourth-order valence-corrected chi connectivity index (χ4v) is 4.66. The third kappa shape index (κ3) is 4.96. The Morgan fingerprint density at radius 1 is 1.10 bits per heavy atom. The summed E-state index contributed by atoms with van der Waals surface area (Å²) in [6, 6.07) is 3.93. The molecule has 2 N–H and O–H groups in total. The highest BCUT2D eigenvalue weighted by Gasteiger charge is 2.22. The van der Waals surface area contributed by atoms with Crippen molar-refractivity contribution in [2.45, 2.75) is 64.1 Å². The zero-order chi connectivity index (χ0) is 20.2. The van der Waals surface area contributed by atoms with E-state index in [0.717, 1.165) is 75.5 Å². The second-order valence-electron chi connectivity index (χ2n) is 8.71. The molecule has 0 amide bonds. The first-order chi connectivity index (χ1) is 14.1. The van der Waals surface area contributed by atoms with Crippen LogP contribution >= 0.6 is 0 Å². The van der Waals surface area contributed by atoms with Crippen LogP contribution in [-0.4, -0.2) is 54.0 Å². The van der Waals surface area contributed by atoms with Crippen molar-refractivity contribution in [3.63, 3.8) is 0 Å². The van der Waals surface area contributed by atoms with Gasteiger partial charge in [-0.05, 0) is 88.4 Å². The number of hydrogen-bond acceptors (Lipinski definition) is 6. The molecule has 0 spiro atoms. The summed E-state index contributed by atoms with van der Waals surface area (Å²) in [5, 5.41) is 24.9. The lowest BCUT2D eigenvalue weighted by molar-refractivity contribution is 0.0912. The standard InChI is InChI=1S/C22H31BN2O4/c23-25-11-9-15(10-12-25)3-7-20-18-6-8-21(19(13-26)22(18)29-24-20)28-14-16-1-4-17(27)5-2-16/h6,8,15-17,26-27H,1-5,7,9-14H2. The van der Waals surface area contributed by atoms with Crippen LogP contribution in [-0.2, 0) is 13.0 Å². The molecule has 2 aliphatic rings. The number of ether oxygens (including phenoxy) is 1. The first-order valence-corrected chi connectivity index (χ1v) is 11.0. The summed E-state index contributed by atoms with van der Waals surface area (Å²) in [7, 11) is 5.85. The highest BCUT2D eigenvalue weighted by molar-refractivity contribution is 6.04. The minimum atomic E-state index is -0.161. The highest BCUT2D eigenvalue weighted by Crippen LogP contribution is 2.33. The van der Waals surface area contributed by atoms with Gasteiger partial charge in [0, 0.05) is 5.39 Å². The lowest BCUT2D eigenvalue weighted by Gasteiger charge is -2.29. The van der Waals surface area contributed by atoms with Crippen LogP contribution in [0.5, 0.6) is 5.75 Å². The molecule has 1 aliphatic carbocycles. The van der Waals surface area contributed by atoms with E-state index in [9.17, 15) is 10.2 Å². The third-order valence-corrected chi connectivity index (χ3v) is 6.66. The van der Waals surface area contributed by atoms with Crippen molar-refractivity contribution in [2.24, 2.45) is 11.8 Å². The van der Waals surface area contributed by atoms with Gasteiger partial charge >= 0.3 is 0 Å². The van der Waals surface area contributed by atoms with Crippen LogP contribution in [0.2, 0.25) is 0 Å². The number of rotatable bonds is 7. The summed E-state index contributed by atoms with van der Waals surface area (Å²) in [5.74, 6) is 1.80. The Bertz CT molecular complexity index is 795. The molecule has 4 rings (SSSR count). The van der Waals surface area contributed by atoms with Gasteiger partial charge in [0.15, 0.2) is 13.6 Å². The van der Waals surface area contributed by atoms with E-state index >= 15 is 0 Å². The van der Waals surface area contributed by atoms with Crippen LogP contribution in [0, 0.1) is 11.8 Å². The Hall–Kier alpha value is -1.57. The summed E-state index contributed by atoms with van der Waals surface area (Å²) >= 11 is 0. The van der Waals surface area contributed by atoms with Gasteiger partial charge in [-0.25, -0.2) is 0 Å². The minimum Gasteiger partial charge on any atom is -0.493 e. The van der Waals surface area contributed by atoms with Crippen LogP contribution in [0.1, 0.15) is 56.2 Å². The van der Waals surface area contributed by atoms with E-state index in [2.05, 4.69) is 5.16 Å². The number of hydrogen-bond donors (Lipinski definition) is 2. The van der Waals surface area contributed by atoms with Gasteiger partial charge < -0.3 is 24.3 Å². The van der Waals surface area contributed by atoms with Crippen LogP contribution < -0.4 is 4.74 Å². The van der Waals surface area contributed by atoms with E-state index in [1.807, 2.05) is 16.9 Å². The molecule has 1 aliphatic heterocycles. The molecule has 2 aromatic rings. The quantitative estimate of drug-likeness (QED) is 0.699. The van der Waals surface area contributed by atoms with Gasteiger partial charge in [0.05, 0.1) is 30.6 Å². The van der Waals surface area contributed by atoms with Crippen molar-refractivity contribution >= 4 is 19.0 Å². The van der Waals surface area contributed by atoms with Crippen molar-refractivity contribution in [3.8, 4) is 5.75 Å². The molecule has 2 heterocycles. The van der Waals surface area contributed by atoms with Gasteiger partial charge in [0.2, 0.25) is 0 Å². The Morgan fingerprint density at radius 2 is 1.86 bits per heavy atom. The van der Waals surface area contributed by atoms with Crippen molar-refractivity contribution < 1.29 is 19.5 Å². The van der Waals surface area contributed by atoms with E-state index in [4.69, 9.17) is 17.2 Å². The number of aliphatic hydroxyl groups is 2. The minimum absolute atomic E-state index is 0.139. The van der Waals surface area contributed by atoms with Gasteiger partial charge in [-0.3, -0.25) is 0 Å². The molecule has 6 nitrogen and oxygen atoms in total. The van der Waals surface area contributed by atoms with E-state index < -0.39 is 0 Å². The van der Waals surface area contributed by atoms with Crippen LogP contribution in [0.4, 0.5) is 0 Å². The molecule has 0 unspecified atom stereocenters. The molecule has 29 heavy (non-hydrogen) atoms. The lowest BCUT2D eigenvalue weighted by Crippen LogP contribution is -2.31. The monoisotopic (exact) mass is 398 g/mol. The molecule has 0 bridgehead atoms. The predicted molar refractivity (Wildman–Crippen MR) is 112 cm³/mol. The Morgan fingerprint density at radius 3 is 2.59 bits per heavy atom. The smallest absolute Gasteiger partial charge is 0.182 e. The molecule has 1 aromatic heterocycles. The van der Waals surface area contributed by atoms with Gasteiger partial charge in [0.25, 0.3) is 0 Å². The average molecular weight is 398 g/mol. The van der Waals surface area contributed by atoms with Crippen molar-refractivity contribution in [2.75, 3.05) is 19.7 Å². The van der Waals surface area contributed by atoms with E-state index in [0.29, 0.717) is 35.3 Å². The zero-order valence-corrected chi connectivity index (χ0v) is 17.1. The average Bonchev–Trinajstić information content (AvgIpc) is 3.15. The number of piperidine rings is 1. The van der Waals surface area contributed by atoms with Crippen LogP contribution in [0.15, 0.2) is 16.7 Å². The summed E-state index contributed by atoms with van der Waals surface area (Å²) in [6.45, 7) is 2.38. The van der Waals surface area contributed by atoms with E-state index in [-0.39, 0.29) is 12.7 Å². The molecule has 2 radical (unpaired) electrons. The first kappa shape index (κ1) is 20.7. The van der Waals surface area contributed by atoms with E-state index in [1.54, 1.807) is 0 Å². The first-order valence-electron chi connectivity index (χ1n) is 11.0. The molecular weight excluding hydrogens is 367 g/mol. The van der Waals surface area contributed by atoms with Gasteiger partial charge in [0.1, 0.15) is 5.75 Å². The maximum atomic E-state index is 9.94. The predicted octanol–water partition coefficient (Wildman–Crippen LogP) is 2.98. The molecule has 1 saturated carbocycles. The highest BCUT2D eigenvalue weighted by atomic mass is 16.5. The maximum Gasteiger partial charge on any atom is 0.182 e. The SMILES string of the molecule is [B]N1CCC(CCc2noc3c(CO)c(OCC4CCC(O)CC4)ccc23)CC1. The number of benzene rings is 1. The number of fused-ring (bicyclic) bond motifs is 1. The fraction of sp³-hybridized carbons (Fsp3) is 0.682. The fourth-order valence-electron chi connectivity index (χ4n) is 4.66. The van der Waals surface area contributed by atoms with Crippen molar-refractivity contribution in [3.05, 3.63) is 23.4 Å². The number of aryl methyl sites for hydroxylation is 1. The number of nitrogens with zero attached hydrogens (tertiary/aromatic N) is 2. The van der Waals surface area contributed by atoms with Crippen LogP contribution in [0.25, 0.3) is 11.0 Å². The van der Waals surface area contributed by atoms with Crippen molar-refractivity contribution in [1.29, 1.82) is 0 Å². The molecule has 2 fully saturated rings. The van der Waals surface area contributed by atoms with E-state index in [1.165, 1.54) is 0 Å². The van der Waals surface area contributed by atoms with Crippen molar-refractivity contribution in [1.82, 2.24) is 9.97 Å². The Kier molecular flexibility index (Phi) is 6.78. The number of aromatic nitrogens is 1. The molecule has 1 aromatic carbocycles. The summed E-state index contributed by atoms with van der Waals surface area (Å²) in [5.41, 5.74) is 2.27. The van der Waals surface area contributed by atoms with Gasteiger partial charge in [-0.1, -0.05) is 5.16 Å². The topological polar surface area (TPSA) is 79.0 Å². The molecule has 156 valence electrons. The zero-order valence-electron chi connectivity index (χ0n) is 17.1. The summed E-state index contributed by atoms with van der Waals surface area (Å²) in [4.78, 5) is 1.90. The third-order valence-electron chi connectivity index (χ3n) is 6.66. The number of aliphatic hydroxyl groups excluding tert-OH is 2. The summed E-state index contributed by atoms with van der Waals surface area (Å²) in [6.07, 6.45) is 7.69. The Balaban J connectivity index is 1.40. The Labute approximate surface area is 173 Å². The van der Waals surface area contributed by atoms with Crippen LogP contribution in [0.3, 0.4) is 0 Å². The normalized spacial score (nSPS) is 24.2. The lowest BCUT2D eigenvalue weighted by atomic mass is 9.88. The molecule has 1 saturated heterocycles. The molecule has 0 atom stereocenters. The van der Waals surface area contributed by atoms with Gasteiger partial charge in [-0.2, -0.15) is 0 Å². The second kappa shape index (κ2) is 9.50. The maximum absolute atomic E-state index is 9.94. The second-order valence-corrected chi connectivity index (χ2v) is 8.71. The molecular formula is C22H31BN2O4. The van der Waals surface area contributed by atoms with Gasteiger partial charge in [-0.15, -0.1) is 0 Å².